The average Bonchev–Trinajstić information content (AvgIpc) is 2.82. The minimum Gasteiger partial charge on any atom is -0.459 e. The van der Waals surface area contributed by atoms with E-state index < -0.39 is 47.6 Å². The zero-order valence-corrected chi connectivity index (χ0v) is 26.1. The highest BCUT2D eigenvalue weighted by molar-refractivity contribution is 5.93. The molecule has 0 saturated carbocycles. The van der Waals surface area contributed by atoms with E-state index in [-0.39, 0.29) is 24.4 Å². The molecule has 0 saturated heterocycles. The number of benzene rings is 1. The van der Waals surface area contributed by atoms with Gasteiger partial charge in [-0.05, 0) is 63.4 Å². The van der Waals surface area contributed by atoms with Gasteiger partial charge in [-0.25, -0.2) is 9.59 Å². The Kier molecular flexibility index (Phi) is 14.2. The summed E-state index contributed by atoms with van der Waals surface area (Å²) in [5.74, 6) is -1.05. The van der Waals surface area contributed by atoms with Gasteiger partial charge in [0.2, 0.25) is 11.8 Å². The molecule has 3 amide bonds. The van der Waals surface area contributed by atoms with E-state index in [0.717, 1.165) is 5.56 Å². The van der Waals surface area contributed by atoms with Gasteiger partial charge in [-0.3, -0.25) is 9.59 Å². The molecule has 0 fully saturated rings. The van der Waals surface area contributed by atoms with Crippen molar-refractivity contribution in [3.63, 3.8) is 0 Å². The Bertz CT molecular complexity index is 956. The molecule has 0 aromatic heterocycles. The zero-order valence-electron chi connectivity index (χ0n) is 26.1. The molecule has 0 aliphatic carbocycles. The van der Waals surface area contributed by atoms with Gasteiger partial charge in [0.05, 0.1) is 0 Å². The molecule has 0 aliphatic rings. The van der Waals surface area contributed by atoms with Gasteiger partial charge in [0.15, 0.2) is 0 Å². The topological polar surface area (TPSA) is 114 Å². The van der Waals surface area contributed by atoms with Gasteiger partial charge in [0, 0.05) is 7.05 Å². The molecule has 1 rings (SSSR count). The molecule has 0 bridgehead atoms. The monoisotopic (exact) mass is 561 g/mol. The fraction of sp³-hybridized carbons (Fsp3) is 0.677. The van der Waals surface area contributed by atoms with E-state index in [1.54, 1.807) is 27.8 Å². The summed E-state index contributed by atoms with van der Waals surface area (Å²) in [5.41, 5.74) is 0.129. The van der Waals surface area contributed by atoms with Crippen molar-refractivity contribution in [1.82, 2.24) is 15.5 Å². The van der Waals surface area contributed by atoms with Crippen LogP contribution < -0.4 is 10.6 Å². The molecule has 0 aliphatic heterocycles. The zero-order chi connectivity index (χ0) is 30.6. The third-order valence-electron chi connectivity index (χ3n) is 6.04. The van der Waals surface area contributed by atoms with Crippen LogP contribution in [0.2, 0.25) is 0 Å². The summed E-state index contributed by atoms with van der Waals surface area (Å²) in [5, 5.41) is 5.55. The van der Waals surface area contributed by atoms with E-state index in [0.29, 0.717) is 19.3 Å². The molecular formula is C31H51N3O6. The van der Waals surface area contributed by atoms with Crippen molar-refractivity contribution in [1.29, 1.82) is 0 Å². The summed E-state index contributed by atoms with van der Waals surface area (Å²) in [4.78, 5) is 54.2. The Morgan fingerprint density at radius 2 is 1.32 bits per heavy atom. The predicted octanol–water partition coefficient (Wildman–Crippen LogP) is 5.07. The normalized spacial score (nSPS) is 13.9. The number of ether oxygens (including phenoxy) is 2. The fourth-order valence-corrected chi connectivity index (χ4v) is 4.21. The van der Waals surface area contributed by atoms with E-state index in [9.17, 15) is 19.2 Å². The van der Waals surface area contributed by atoms with Gasteiger partial charge < -0.3 is 25.0 Å². The second-order valence-corrected chi connectivity index (χ2v) is 12.7. The van der Waals surface area contributed by atoms with Crippen LogP contribution in [0.1, 0.15) is 87.1 Å². The average molecular weight is 562 g/mol. The molecule has 226 valence electrons. The molecule has 2 N–H and O–H groups in total. The van der Waals surface area contributed by atoms with E-state index in [1.807, 2.05) is 71.9 Å². The van der Waals surface area contributed by atoms with Gasteiger partial charge >= 0.3 is 12.1 Å². The lowest BCUT2D eigenvalue weighted by Gasteiger charge is -2.33. The summed E-state index contributed by atoms with van der Waals surface area (Å²) in [7, 11) is 1.56. The maximum Gasteiger partial charge on any atom is 0.408 e. The van der Waals surface area contributed by atoms with Crippen molar-refractivity contribution in [2.24, 2.45) is 17.8 Å². The molecular weight excluding hydrogens is 510 g/mol. The summed E-state index contributed by atoms with van der Waals surface area (Å²) >= 11 is 0. The smallest absolute Gasteiger partial charge is 0.408 e. The maximum atomic E-state index is 13.6. The number of nitrogens with zero attached hydrogens (tertiary/aromatic N) is 1. The molecule has 1 aromatic rings. The summed E-state index contributed by atoms with van der Waals surface area (Å²) < 4.78 is 10.9. The third kappa shape index (κ3) is 13.3. The largest absolute Gasteiger partial charge is 0.459 e. The molecule has 0 unspecified atom stereocenters. The molecule has 0 heterocycles. The molecule has 40 heavy (non-hydrogen) atoms. The van der Waals surface area contributed by atoms with Crippen molar-refractivity contribution in [3.8, 4) is 0 Å². The Hall–Kier alpha value is -3.10. The van der Waals surface area contributed by atoms with Crippen molar-refractivity contribution < 1.29 is 28.7 Å². The Morgan fingerprint density at radius 1 is 0.800 bits per heavy atom. The minimum atomic E-state index is -0.871. The lowest BCUT2D eigenvalue weighted by atomic mass is 9.98. The number of likely N-dealkylation sites (N-methyl/N-ethyl adjacent to an activating group) is 1. The summed E-state index contributed by atoms with van der Waals surface area (Å²) in [6.45, 7) is 17.1. The first-order chi connectivity index (χ1) is 18.5. The Labute approximate surface area is 240 Å². The lowest BCUT2D eigenvalue weighted by Crippen LogP contribution is -2.57. The number of rotatable bonds is 14. The molecule has 0 spiro atoms. The van der Waals surface area contributed by atoms with Crippen molar-refractivity contribution in [2.75, 3.05) is 7.05 Å². The minimum absolute atomic E-state index is 0.0851. The number of hydrogen-bond acceptors (Lipinski definition) is 6. The van der Waals surface area contributed by atoms with Gasteiger partial charge in [-0.1, -0.05) is 71.9 Å². The number of carbonyl (C=O) groups is 4. The number of nitrogens with one attached hydrogen (secondary N) is 2. The lowest BCUT2D eigenvalue weighted by molar-refractivity contribution is -0.150. The highest BCUT2D eigenvalue weighted by Crippen LogP contribution is 2.17. The SMILES string of the molecule is CC(C)C[C@H](NC(=O)OC(C)(C)C)C(=O)N(C)[C@@H](CC(C)C)C(=O)N[C@H](CC(C)C)C(=O)OCc1ccccc1. The highest BCUT2D eigenvalue weighted by atomic mass is 16.6. The standard InChI is InChI=1S/C31H51N3O6/c1-20(2)16-24(33-30(38)40-31(7,8)9)28(36)34(10)26(18-22(5)6)27(35)32-25(17-21(3)4)29(37)39-19-23-14-12-11-13-15-23/h11-15,20-22,24-26H,16-19H2,1-10H3,(H,32,35)(H,33,38)/t24-,25+,26-/m0/s1. The molecule has 3 atom stereocenters. The van der Waals surface area contributed by atoms with Crippen LogP contribution in [0.15, 0.2) is 30.3 Å². The van der Waals surface area contributed by atoms with Crippen molar-refractivity contribution >= 4 is 23.9 Å². The number of alkyl carbamates (subject to hydrolysis) is 1. The van der Waals surface area contributed by atoms with Gasteiger partial charge in [-0.15, -0.1) is 0 Å². The van der Waals surface area contributed by atoms with Crippen LogP contribution in [-0.2, 0) is 30.5 Å². The Balaban J connectivity index is 3.11. The van der Waals surface area contributed by atoms with Crippen LogP contribution in [0.25, 0.3) is 0 Å². The molecule has 0 radical (unpaired) electrons. The maximum absolute atomic E-state index is 13.6. The fourth-order valence-electron chi connectivity index (χ4n) is 4.21. The van der Waals surface area contributed by atoms with Crippen molar-refractivity contribution in [2.45, 2.75) is 112 Å². The first-order valence-corrected chi connectivity index (χ1v) is 14.3. The van der Waals surface area contributed by atoms with Gasteiger partial charge in [-0.2, -0.15) is 0 Å². The number of hydrogen-bond donors (Lipinski definition) is 2. The van der Waals surface area contributed by atoms with Crippen LogP contribution in [0.5, 0.6) is 0 Å². The molecule has 9 heteroatoms. The van der Waals surface area contributed by atoms with Crippen LogP contribution >= 0.6 is 0 Å². The number of esters is 1. The van der Waals surface area contributed by atoms with Gasteiger partial charge in [0.25, 0.3) is 0 Å². The number of amides is 3. The van der Waals surface area contributed by atoms with E-state index in [4.69, 9.17) is 9.47 Å². The van der Waals surface area contributed by atoms with Crippen molar-refractivity contribution in [3.05, 3.63) is 35.9 Å². The first-order valence-electron chi connectivity index (χ1n) is 14.3. The van der Waals surface area contributed by atoms with Crippen LogP contribution in [-0.4, -0.2) is 59.6 Å². The third-order valence-corrected chi connectivity index (χ3v) is 6.04. The van der Waals surface area contributed by atoms with Crippen LogP contribution in [0, 0.1) is 17.8 Å². The van der Waals surface area contributed by atoms with E-state index >= 15 is 0 Å². The highest BCUT2D eigenvalue weighted by Gasteiger charge is 2.35. The second kappa shape index (κ2) is 16.2. The molecule has 1 aromatic carbocycles. The second-order valence-electron chi connectivity index (χ2n) is 12.7. The Morgan fingerprint density at radius 3 is 1.82 bits per heavy atom. The number of carbonyl (C=O) groups excluding carboxylic acids is 4. The van der Waals surface area contributed by atoms with E-state index in [1.165, 1.54) is 4.90 Å². The van der Waals surface area contributed by atoms with Gasteiger partial charge in [0.1, 0.15) is 30.3 Å². The summed E-state index contributed by atoms with van der Waals surface area (Å²) in [6, 6.07) is 6.76. The summed E-state index contributed by atoms with van der Waals surface area (Å²) in [6.07, 6.45) is 0.451. The predicted molar refractivity (Wildman–Crippen MR) is 156 cm³/mol. The van der Waals surface area contributed by atoms with Crippen LogP contribution in [0.3, 0.4) is 0 Å². The first kappa shape index (κ1) is 34.9. The van der Waals surface area contributed by atoms with E-state index in [2.05, 4.69) is 10.6 Å². The van der Waals surface area contributed by atoms with Crippen LogP contribution in [0.4, 0.5) is 4.79 Å². The quantitative estimate of drug-likeness (QED) is 0.307. The molecule has 9 nitrogen and oxygen atoms in total.